The summed E-state index contributed by atoms with van der Waals surface area (Å²) in [4.78, 5) is 12.9. The Kier molecular flexibility index (Phi) is 6.12. The van der Waals surface area contributed by atoms with Crippen LogP contribution in [0.2, 0.25) is 0 Å². The molecule has 3 aromatic rings. The molecule has 0 aliphatic carbocycles. The molecule has 30 heavy (non-hydrogen) atoms. The maximum Gasteiger partial charge on any atom is 0.221 e. The fraction of sp³-hybridized carbons (Fsp3) is 0.227. The van der Waals surface area contributed by atoms with Gasteiger partial charge in [0.1, 0.15) is 10.5 Å². The molecule has 1 unspecified atom stereocenters. The Morgan fingerprint density at radius 3 is 2.23 bits per heavy atom. The summed E-state index contributed by atoms with van der Waals surface area (Å²) in [6.07, 6.45) is -0.0846. The average molecular weight is 429 g/mol. The van der Waals surface area contributed by atoms with E-state index in [4.69, 9.17) is 9.88 Å². The van der Waals surface area contributed by atoms with Gasteiger partial charge in [-0.25, -0.2) is 13.6 Å². The standard InChI is InChI=1S/C22H24N2O5S/c1-24-18(10-13-20(24)21(26)16-8-11-19(29-2)12-9-16)14-22(15-25,30(23,27)28)17-6-4-3-5-7-17/h3-13,25H,14-15H2,1-2H3,(H2,23,27,28). The third kappa shape index (κ3) is 3.89. The summed E-state index contributed by atoms with van der Waals surface area (Å²) < 4.78 is 30.1. The Morgan fingerprint density at radius 2 is 1.70 bits per heavy atom. The number of ketones is 1. The summed E-state index contributed by atoms with van der Waals surface area (Å²) in [6.45, 7) is -0.692. The molecule has 0 spiro atoms. The largest absolute Gasteiger partial charge is 0.497 e. The van der Waals surface area contributed by atoms with Crippen LogP contribution in [0, 0.1) is 0 Å². The average Bonchev–Trinajstić information content (AvgIpc) is 3.11. The van der Waals surface area contributed by atoms with Gasteiger partial charge in [0, 0.05) is 24.7 Å². The molecular formula is C22H24N2O5S. The highest BCUT2D eigenvalue weighted by Gasteiger charge is 2.44. The van der Waals surface area contributed by atoms with Crippen molar-refractivity contribution in [1.82, 2.24) is 4.57 Å². The minimum Gasteiger partial charge on any atom is -0.497 e. The number of hydrogen-bond acceptors (Lipinski definition) is 5. The van der Waals surface area contributed by atoms with E-state index in [1.807, 2.05) is 0 Å². The van der Waals surface area contributed by atoms with Gasteiger partial charge in [0.05, 0.1) is 19.4 Å². The Labute approximate surface area is 175 Å². The number of rotatable bonds is 8. The van der Waals surface area contributed by atoms with E-state index in [9.17, 15) is 18.3 Å². The minimum absolute atomic E-state index is 0.0846. The van der Waals surface area contributed by atoms with Crippen LogP contribution in [0.4, 0.5) is 0 Å². The molecule has 2 aromatic carbocycles. The Hall–Kier alpha value is -2.94. The molecule has 0 radical (unpaired) electrons. The molecule has 0 amide bonds. The maximum absolute atomic E-state index is 12.9. The smallest absolute Gasteiger partial charge is 0.221 e. The van der Waals surface area contributed by atoms with E-state index in [0.29, 0.717) is 28.3 Å². The molecule has 1 heterocycles. The van der Waals surface area contributed by atoms with Crippen molar-refractivity contribution in [2.45, 2.75) is 11.2 Å². The van der Waals surface area contributed by atoms with Crippen LogP contribution >= 0.6 is 0 Å². The van der Waals surface area contributed by atoms with Crippen LogP contribution in [0.3, 0.4) is 0 Å². The Morgan fingerprint density at radius 1 is 1.07 bits per heavy atom. The van der Waals surface area contributed by atoms with E-state index in [-0.39, 0.29) is 12.2 Å². The Balaban J connectivity index is 2.00. The number of aliphatic hydroxyl groups is 1. The van der Waals surface area contributed by atoms with Crippen LogP contribution in [0.5, 0.6) is 5.75 Å². The number of nitrogens with two attached hydrogens (primary N) is 1. The van der Waals surface area contributed by atoms with Gasteiger partial charge < -0.3 is 14.4 Å². The number of ether oxygens (including phenoxy) is 1. The molecule has 0 bridgehead atoms. The monoisotopic (exact) mass is 428 g/mol. The molecule has 158 valence electrons. The van der Waals surface area contributed by atoms with Crippen LogP contribution < -0.4 is 9.88 Å². The van der Waals surface area contributed by atoms with Crippen molar-refractivity contribution in [1.29, 1.82) is 0 Å². The molecule has 0 fully saturated rings. The maximum atomic E-state index is 12.9. The van der Waals surface area contributed by atoms with Gasteiger partial charge in [0.25, 0.3) is 0 Å². The SMILES string of the molecule is COc1ccc(C(=O)c2ccc(CC(CO)(c3ccccc3)S(N)(=O)=O)n2C)cc1. The second kappa shape index (κ2) is 8.43. The van der Waals surface area contributed by atoms with E-state index < -0.39 is 21.4 Å². The molecule has 0 aliphatic heterocycles. The minimum atomic E-state index is -4.18. The molecule has 1 atom stereocenters. The van der Waals surface area contributed by atoms with E-state index in [1.54, 1.807) is 85.5 Å². The molecule has 0 saturated carbocycles. The predicted molar refractivity (Wildman–Crippen MR) is 114 cm³/mol. The summed E-state index contributed by atoms with van der Waals surface area (Å²) >= 11 is 0. The number of benzene rings is 2. The third-order valence-corrected chi connectivity index (χ3v) is 6.98. The van der Waals surface area contributed by atoms with Crippen molar-refractivity contribution in [2.24, 2.45) is 12.2 Å². The highest BCUT2D eigenvalue weighted by molar-refractivity contribution is 7.90. The van der Waals surface area contributed by atoms with E-state index >= 15 is 0 Å². The van der Waals surface area contributed by atoms with Gasteiger partial charge in [-0.15, -0.1) is 0 Å². The number of carbonyl (C=O) groups excluding carboxylic acids is 1. The first-order valence-corrected chi connectivity index (χ1v) is 10.8. The molecule has 0 saturated heterocycles. The number of primary sulfonamides is 1. The number of carbonyl (C=O) groups is 1. The summed E-state index contributed by atoms with van der Waals surface area (Å²) in [5.41, 5.74) is 1.81. The van der Waals surface area contributed by atoms with Crippen LogP contribution in [0.25, 0.3) is 0 Å². The first-order valence-electron chi connectivity index (χ1n) is 9.25. The molecule has 8 heteroatoms. The van der Waals surface area contributed by atoms with Gasteiger partial charge in [-0.3, -0.25) is 4.79 Å². The number of nitrogens with zero attached hydrogens (tertiary/aromatic N) is 1. The van der Waals surface area contributed by atoms with E-state index in [0.717, 1.165) is 0 Å². The molecule has 0 aliphatic rings. The van der Waals surface area contributed by atoms with Gasteiger partial charge >= 0.3 is 0 Å². The van der Waals surface area contributed by atoms with Crippen molar-refractivity contribution < 1.29 is 23.1 Å². The van der Waals surface area contributed by atoms with Gasteiger partial charge in [-0.05, 0) is 42.0 Å². The van der Waals surface area contributed by atoms with Crippen molar-refractivity contribution in [3.8, 4) is 5.75 Å². The van der Waals surface area contributed by atoms with Gasteiger partial charge in [-0.1, -0.05) is 30.3 Å². The van der Waals surface area contributed by atoms with Gasteiger partial charge in [0.15, 0.2) is 0 Å². The van der Waals surface area contributed by atoms with Crippen molar-refractivity contribution in [3.63, 3.8) is 0 Å². The molecule has 3 rings (SSSR count). The predicted octanol–water partition coefficient (Wildman–Crippen LogP) is 1.98. The number of aliphatic hydroxyl groups excluding tert-OH is 1. The lowest BCUT2D eigenvalue weighted by Gasteiger charge is -2.30. The summed E-state index contributed by atoms with van der Waals surface area (Å²) in [7, 11) is -0.947. The van der Waals surface area contributed by atoms with Crippen molar-refractivity contribution >= 4 is 15.8 Å². The van der Waals surface area contributed by atoms with Crippen LogP contribution in [-0.2, 0) is 28.2 Å². The molecule has 3 N–H and O–H groups in total. The highest BCUT2D eigenvalue weighted by atomic mass is 32.2. The summed E-state index contributed by atoms with van der Waals surface area (Å²) in [5, 5.41) is 15.7. The lowest BCUT2D eigenvalue weighted by molar-refractivity contribution is 0.103. The third-order valence-electron chi connectivity index (χ3n) is 5.38. The molecule has 1 aromatic heterocycles. The number of sulfonamides is 1. The highest BCUT2D eigenvalue weighted by Crippen LogP contribution is 2.33. The van der Waals surface area contributed by atoms with E-state index in [1.165, 1.54) is 0 Å². The number of hydrogen-bond donors (Lipinski definition) is 2. The summed E-state index contributed by atoms with van der Waals surface area (Å²) in [5.74, 6) is 0.430. The second-order valence-electron chi connectivity index (χ2n) is 7.07. The van der Waals surface area contributed by atoms with Crippen molar-refractivity contribution in [3.05, 3.63) is 89.2 Å². The summed E-state index contributed by atoms with van der Waals surface area (Å²) in [6, 6.07) is 18.4. The lowest BCUT2D eigenvalue weighted by Crippen LogP contribution is -2.46. The quantitative estimate of drug-likeness (QED) is 0.533. The zero-order valence-electron chi connectivity index (χ0n) is 16.8. The van der Waals surface area contributed by atoms with Crippen LogP contribution in [0.15, 0.2) is 66.7 Å². The molecule has 7 nitrogen and oxygen atoms in total. The topological polar surface area (TPSA) is 112 Å². The fourth-order valence-electron chi connectivity index (χ4n) is 3.49. The zero-order valence-corrected chi connectivity index (χ0v) is 17.6. The van der Waals surface area contributed by atoms with Gasteiger partial charge in [0.2, 0.25) is 15.8 Å². The van der Waals surface area contributed by atoms with Crippen LogP contribution in [-0.4, -0.2) is 37.6 Å². The van der Waals surface area contributed by atoms with E-state index in [2.05, 4.69) is 0 Å². The first kappa shape index (κ1) is 21.8. The molecular weight excluding hydrogens is 404 g/mol. The number of aromatic nitrogens is 1. The normalized spacial score (nSPS) is 13.6. The Bertz CT molecular complexity index is 1140. The lowest BCUT2D eigenvalue weighted by atomic mass is 9.94. The zero-order chi connectivity index (χ0) is 21.9. The second-order valence-corrected chi connectivity index (χ2v) is 8.94. The first-order chi connectivity index (χ1) is 14.2. The van der Waals surface area contributed by atoms with Crippen LogP contribution in [0.1, 0.15) is 27.3 Å². The van der Waals surface area contributed by atoms with Crippen molar-refractivity contribution in [2.75, 3.05) is 13.7 Å². The van der Waals surface area contributed by atoms with Gasteiger partial charge in [-0.2, -0.15) is 0 Å². The fourth-order valence-corrected chi connectivity index (χ4v) is 4.48. The number of methoxy groups -OCH3 is 1.